The number of aryl methyl sites for hydroxylation is 1. The van der Waals surface area contributed by atoms with E-state index in [1.165, 1.54) is 12.1 Å². The number of benzene rings is 2. The molecule has 0 aromatic heterocycles. The van der Waals surface area contributed by atoms with E-state index >= 15 is 0 Å². The minimum Gasteiger partial charge on any atom is -0.308 e. The second-order valence-electron chi connectivity index (χ2n) is 5.25. The summed E-state index contributed by atoms with van der Waals surface area (Å²) in [5, 5.41) is 0.114. The second-order valence-corrected chi connectivity index (χ2v) is 7.64. The number of nitrogens with zero attached hydrogens (tertiary/aromatic N) is 1. The number of hydrogen-bond acceptors (Lipinski definition) is 3. The molecule has 1 amide bonds. The molecule has 0 saturated carbocycles. The van der Waals surface area contributed by atoms with Gasteiger partial charge in [-0.25, -0.2) is 8.42 Å². The lowest BCUT2D eigenvalue weighted by atomic mass is 10.1. The highest BCUT2D eigenvalue weighted by Crippen LogP contribution is 2.26. The van der Waals surface area contributed by atoms with Gasteiger partial charge in [-0.15, -0.1) is 0 Å². The van der Waals surface area contributed by atoms with Gasteiger partial charge in [0.2, 0.25) is 0 Å². The van der Waals surface area contributed by atoms with Gasteiger partial charge in [0, 0.05) is 24.1 Å². The Balaban J connectivity index is 2.49. The minimum atomic E-state index is -3.50. The van der Waals surface area contributed by atoms with Crippen LogP contribution in [0.4, 0.5) is 5.69 Å². The second kappa shape index (κ2) is 6.72. The van der Waals surface area contributed by atoms with E-state index in [2.05, 4.69) is 0 Å². The van der Waals surface area contributed by atoms with E-state index in [9.17, 15) is 13.2 Å². The molecule has 0 saturated heterocycles. The van der Waals surface area contributed by atoms with Gasteiger partial charge in [0.05, 0.1) is 9.92 Å². The molecular weight excluding hydrogens is 334 g/mol. The molecule has 2 rings (SSSR count). The maximum absolute atomic E-state index is 12.8. The fourth-order valence-corrected chi connectivity index (χ4v) is 3.67. The van der Waals surface area contributed by atoms with Gasteiger partial charge in [-0.05, 0) is 43.7 Å². The molecule has 6 heteroatoms. The number of halogens is 1. The van der Waals surface area contributed by atoms with Crippen molar-refractivity contribution in [2.75, 3.05) is 17.7 Å². The summed E-state index contributed by atoms with van der Waals surface area (Å²) in [5.41, 5.74) is 2.07. The topological polar surface area (TPSA) is 54.5 Å². The number of sulfone groups is 1. The smallest absolute Gasteiger partial charge is 0.258 e. The van der Waals surface area contributed by atoms with Crippen LogP contribution < -0.4 is 4.90 Å². The Labute approximate surface area is 141 Å². The normalized spacial score (nSPS) is 11.3. The number of hydrogen-bond donors (Lipinski definition) is 0. The molecule has 0 N–H and O–H groups in total. The maximum atomic E-state index is 12.8. The molecule has 2 aromatic rings. The van der Waals surface area contributed by atoms with E-state index in [1.54, 1.807) is 11.0 Å². The quantitative estimate of drug-likeness (QED) is 0.843. The summed E-state index contributed by atoms with van der Waals surface area (Å²) in [6, 6.07) is 11.9. The van der Waals surface area contributed by atoms with Crippen LogP contribution in [0, 0.1) is 6.92 Å². The number of carbonyl (C=O) groups is 1. The predicted octanol–water partition coefficient (Wildman–Crippen LogP) is 3.72. The number of carbonyl (C=O) groups excluding carboxylic acids is 1. The third kappa shape index (κ3) is 3.74. The lowest BCUT2D eigenvalue weighted by Gasteiger charge is -2.23. The summed E-state index contributed by atoms with van der Waals surface area (Å²) in [4.78, 5) is 14.4. The number of rotatable bonds is 4. The molecule has 0 heterocycles. The van der Waals surface area contributed by atoms with Crippen LogP contribution in [0.1, 0.15) is 22.8 Å². The van der Waals surface area contributed by atoms with Crippen LogP contribution in [-0.2, 0) is 9.84 Å². The first-order valence-electron chi connectivity index (χ1n) is 7.12. The average molecular weight is 352 g/mol. The summed E-state index contributed by atoms with van der Waals surface area (Å²) >= 11 is 5.94. The first kappa shape index (κ1) is 17.5. The van der Waals surface area contributed by atoms with Crippen molar-refractivity contribution in [2.45, 2.75) is 18.7 Å². The Morgan fingerprint density at radius 1 is 1.17 bits per heavy atom. The lowest BCUT2D eigenvalue weighted by Crippen LogP contribution is -2.31. The molecule has 0 fully saturated rings. The van der Waals surface area contributed by atoms with Crippen LogP contribution in [0.25, 0.3) is 0 Å². The summed E-state index contributed by atoms with van der Waals surface area (Å²) in [5.74, 6) is -0.261. The van der Waals surface area contributed by atoms with Gasteiger partial charge in [0.15, 0.2) is 9.84 Å². The van der Waals surface area contributed by atoms with Crippen LogP contribution in [0.5, 0.6) is 0 Å². The van der Waals surface area contributed by atoms with E-state index in [4.69, 9.17) is 11.6 Å². The maximum Gasteiger partial charge on any atom is 0.258 e. The fourth-order valence-electron chi connectivity index (χ4n) is 2.37. The van der Waals surface area contributed by atoms with Crippen LogP contribution >= 0.6 is 11.6 Å². The van der Waals surface area contributed by atoms with Gasteiger partial charge in [0.25, 0.3) is 5.91 Å². The highest BCUT2D eigenvalue weighted by atomic mass is 35.5. The molecule has 0 aliphatic rings. The molecule has 122 valence electrons. The Morgan fingerprint density at radius 2 is 1.83 bits per heavy atom. The number of amides is 1. The van der Waals surface area contributed by atoms with Crippen molar-refractivity contribution < 1.29 is 13.2 Å². The monoisotopic (exact) mass is 351 g/mol. The third-order valence-electron chi connectivity index (χ3n) is 3.55. The molecule has 0 aliphatic carbocycles. The molecule has 2 aromatic carbocycles. The number of anilines is 1. The highest BCUT2D eigenvalue weighted by molar-refractivity contribution is 7.90. The van der Waals surface area contributed by atoms with E-state index in [1.807, 2.05) is 38.1 Å². The summed E-state index contributed by atoms with van der Waals surface area (Å²) in [6.07, 6.45) is 1.07. The van der Waals surface area contributed by atoms with Gasteiger partial charge in [-0.3, -0.25) is 4.79 Å². The predicted molar refractivity (Wildman–Crippen MR) is 93.1 cm³/mol. The molecule has 0 bridgehead atoms. The molecule has 0 atom stereocenters. The van der Waals surface area contributed by atoms with Crippen LogP contribution in [0.15, 0.2) is 47.4 Å². The zero-order chi connectivity index (χ0) is 17.2. The van der Waals surface area contributed by atoms with Gasteiger partial charge in [-0.1, -0.05) is 29.8 Å². The Hall–Kier alpha value is -1.85. The molecule has 23 heavy (non-hydrogen) atoms. The number of para-hydroxylation sites is 1. The largest absolute Gasteiger partial charge is 0.308 e. The van der Waals surface area contributed by atoms with E-state index < -0.39 is 9.84 Å². The first-order chi connectivity index (χ1) is 10.8. The summed E-state index contributed by atoms with van der Waals surface area (Å²) in [6.45, 7) is 4.27. The van der Waals surface area contributed by atoms with Gasteiger partial charge >= 0.3 is 0 Å². The van der Waals surface area contributed by atoms with Gasteiger partial charge < -0.3 is 4.90 Å². The Bertz CT molecular complexity index is 847. The van der Waals surface area contributed by atoms with Crippen molar-refractivity contribution in [1.29, 1.82) is 0 Å². The van der Waals surface area contributed by atoms with Crippen LogP contribution in [-0.4, -0.2) is 27.1 Å². The van der Waals surface area contributed by atoms with Crippen molar-refractivity contribution in [3.05, 3.63) is 58.6 Å². The molecular formula is C17H18ClNO3S. The lowest BCUT2D eigenvalue weighted by molar-refractivity contribution is 0.0988. The average Bonchev–Trinajstić information content (AvgIpc) is 2.49. The van der Waals surface area contributed by atoms with Gasteiger partial charge in [-0.2, -0.15) is 0 Å². The van der Waals surface area contributed by atoms with Gasteiger partial charge in [0.1, 0.15) is 0 Å². The first-order valence-corrected chi connectivity index (χ1v) is 9.39. The van der Waals surface area contributed by atoms with E-state index in [-0.39, 0.29) is 15.8 Å². The minimum absolute atomic E-state index is 0.0362. The van der Waals surface area contributed by atoms with Crippen LogP contribution in [0.3, 0.4) is 0 Å². The fraction of sp³-hybridized carbons (Fsp3) is 0.235. The third-order valence-corrected chi connectivity index (χ3v) is 5.12. The summed E-state index contributed by atoms with van der Waals surface area (Å²) < 4.78 is 23.6. The molecule has 0 radical (unpaired) electrons. The SMILES string of the molecule is CCN(C(=O)c1ccc(Cl)c(S(C)(=O)=O)c1)c1ccccc1C. The summed E-state index contributed by atoms with van der Waals surface area (Å²) in [7, 11) is -3.50. The molecule has 0 unspecified atom stereocenters. The van der Waals surface area contributed by atoms with Crippen molar-refractivity contribution >= 4 is 33.0 Å². The van der Waals surface area contributed by atoms with E-state index in [0.717, 1.165) is 17.5 Å². The Morgan fingerprint density at radius 3 is 2.39 bits per heavy atom. The zero-order valence-corrected chi connectivity index (χ0v) is 14.8. The van der Waals surface area contributed by atoms with Crippen LogP contribution in [0.2, 0.25) is 5.02 Å². The Kier molecular flexibility index (Phi) is 5.12. The molecule has 0 aliphatic heterocycles. The highest BCUT2D eigenvalue weighted by Gasteiger charge is 2.21. The van der Waals surface area contributed by atoms with Crippen molar-refractivity contribution in [1.82, 2.24) is 0 Å². The molecule has 4 nitrogen and oxygen atoms in total. The van der Waals surface area contributed by atoms with E-state index in [0.29, 0.717) is 12.1 Å². The standard InChI is InChI=1S/C17H18ClNO3S/c1-4-19(15-8-6-5-7-12(15)2)17(20)13-9-10-14(18)16(11-13)23(3,21)22/h5-11H,4H2,1-3H3. The van der Waals surface area contributed by atoms with Crippen molar-refractivity contribution in [3.63, 3.8) is 0 Å². The van der Waals surface area contributed by atoms with Crippen molar-refractivity contribution in [3.8, 4) is 0 Å². The van der Waals surface area contributed by atoms with Crippen molar-refractivity contribution in [2.24, 2.45) is 0 Å². The molecule has 0 spiro atoms. The zero-order valence-electron chi connectivity index (χ0n) is 13.2.